The van der Waals surface area contributed by atoms with E-state index in [9.17, 15) is 4.79 Å². The Hall–Kier alpha value is -0.530. The fraction of sp³-hybridized carbons (Fsp3) is 0.667. The third-order valence-electron chi connectivity index (χ3n) is 0.719. The molecule has 2 heteroatoms. The lowest BCUT2D eigenvalue weighted by Gasteiger charge is -2.12. The normalized spacial score (nSPS) is 11.0. The van der Waals surface area contributed by atoms with Crippen LogP contribution in [0.4, 0.5) is 0 Å². The molecule has 2 radical (unpaired) electrons. The number of hydrogen-bond donors (Lipinski definition) is 0. The molecule has 0 aromatic carbocycles. The monoisotopic (exact) mass is 114 g/mol. The predicted octanol–water partition coefficient (Wildman–Crippen LogP) is 1.24. The van der Waals surface area contributed by atoms with Crippen LogP contribution >= 0.6 is 0 Å². The highest BCUT2D eigenvalue weighted by atomic mass is 16.5. The molecule has 0 heterocycles. The Bertz CT molecular complexity index is 89.2. The van der Waals surface area contributed by atoms with Crippen molar-refractivity contribution in [1.82, 2.24) is 0 Å². The molecule has 0 aromatic rings. The van der Waals surface area contributed by atoms with E-state index in [1.165, 1.54) is 0 Å². The molecule has 8 heavy (non-hydrogen) atoms. The van der Waals surface area contributed by atoms with Gasteiger partial charge in [-0.25, -0.2) is 0 Å². The van der Waals surface area contributed by atoms with Crippen LogP contribution in [0.1, 0.15) is 20.8 Å². The summed E-state index contributed by atoms with van der Waals surface area (Å²) in [4.78, 5) is 10.5. The zero-order valence-electron chi connectivity index (χ0n) is 5.39. The van der Waals surface area contributed by atoms with E-state index in [4.69, 9.17) is 0 Å². The number of rotatable bonds is 0. The molecule has 46 valence electrons. The van der Waals surface area contributed by atoms with Crippen LogP contribution in [-0.2, 0) is 9.53 Å². The molecule has 0 aliphatic heterocycles. The number of ether oxygens (including phenoxy) is 1. The van der Waals surface area contributed by atoms with Crippen LogP contribution < -0.4 is 0 Å². The van der Waals surface area contributed by atoms with Crippen molar-refractivity contribution in [2.24, 2.45) is 5.41 Å². The Morgan fingerprint density at radius 1 is 1.50 bits per heavy atom. The van der Waals surface area contributed by atoms with Crippen molar-refractivity contribution in [3.05, 3.63) is 7.11 Å². The first-order valence-corrected chi connectivity index (χ1v) is 2.39. The first kappa shape index (κ1) is 7.47. The molecule has 0 unspecified atom stereocenters. The predicted molar refractivity (Wildman–Crippen MR) is 29.8 cm³/mol. The molecule has 0 spiro atoms. The standard InChI is InChI=1S/C6H10O2/c1-6(2,3)5(7)8-4/h4H,1-3H3. The molecule has 0 rings (SSSR count). The molecule has 0 aromatic heterocycles. The van der Waals surface area contributed by atoms with E-state index in [1.54, 1.807) is 20.8 Å². The van der Waals surface area contributed by atoms with Crippen molar-refractivity contribution in [3.63, 3.8) is 0 Å². The van der Waals surface area contributed by atoms with Crippen molar-refractivity contribution in [2.75, 3.05) is 0 Å². The Morgan fingerprint density at radius 2 is 1.88 bits per heavy atom. The Kier molecular flexibility index (Phi) is 2.02. The summed E-state index contributed by atoms with van der Waals surface area (Å²) in [6.07, 6.45) is 0. The molecule has 0 bridgehead atoms. The largest absolute Gasteiger partial charge is 0.454 e. The van der Waals surface area contributed by atoms with Crippen LogP contribution in [0.15, 0.2) is 0 Å². The summed E-state index contributed by atoms with van der Waals surface area (Å²) in [5.41, 5.74) is -0.477. The van der Waals surface area contributed by atoms with Crippen LogP contribution in [0.5, 0.6) is 0 Å². The minimum absolute atomic E-state index is 0.391. The Labute approximate surface area is 49.8 Å². The van der Waals surface area contributed by atoms with Gasteiger partial charge in [-0.2, -0.15) is 0 Å². The maximum absolute atomic E-state index is 10.5. The summed E-state index contributed by atoms with van der Waals surface area (Å²) in [7, 11) is 4.61. The van der Waals surface area contributed by atoms with Gasteiger partial charge in [-0.05, 0) is 20.8 Å². The highest BCUT2D eigenvalue weighted by Crippen LogP contribution is 2.13. The highest BCUT2D eigenvalue weighted by molar-refractivity contribution is 5.75. The van der Waals surface area contributed by atoms with Gasteiger partial charge in [0.25, 0.3) is 0 Å². The van der Waals surface area contributed by atoms with Gasteiger partial charge in [0.1, 0.15) is 0 Å². The Balaban J connectivity index is 3.82. The lowest BCUT2D eigenvalue weighted by Crippen LogP contribution is -2.20. The van der Waals surface area contributed by atoms with E-state index in [2.05, 4.69) is 11.8 Å². The van der Waals surface area contributed by atoms with Crippen molar-refractivity contribution in [3.8, 4) is 0 Å². The van der Waals surface area contributed by atoms with Gasteiger partial charge in [-0.15, -0.1) is 0 Å². The molecular formula is C6H10O2. The fourth-order valence-electron chi connectivity index (χ4n) is 0.177. The summed E-state index contributed by atoms with van der Waals surface area (Å²) in [6.45, 7) is 5.21. The minimum atomic E-state index is -0.477. The number of esters is 1. The SMILES string of the molecule is [CH]OC(=O)C(C)(C)C. The highest BCUT2D eigenvalue weighted by Gasteiger charge is 2.21. The van der Waals surface area contributed by atoms with Crippen molar-refractivity contribution in [1.29, 1.82) is 0 Å². The van der Waals surface area contributed by atoms with E-state index in [0.29, 0.717) is 0 Å². The van der Waals surface area contributed by atoms with Gasteiger partial charge in [0.15, 0.2) is 7.11 Å². The second-order valence-electron chi connectivity index (χ2n) is 2.66. The molecule has 0 atom stereocenters. The van der Waals surface area contributed by atoms with Crippen molar-refractivity contribution >= 4 is 5.97 Å². The van der Waals surface area contributed by atoms with Crippen LogP contribution in [0.3, 0.4) is 0 Å². The second-order valence-corrected chi connectivity index (χ2v) is 2.66. The van der Waals surface area contributed by atoms with Gasteiger partial charge >= 0.3 is 5.97 Å². The number of carbonyl (C=O) groups excluding carboxylic acids is 1. The van der Waals surface area contributed by atoms with E-state index < -0.39 is 11.4 Å². The molecule has 0 aliphatic carbocycles. The number of hydrogen-bond acceptors (Lipinski definition) is 2. The van der Waals surface area contributed by atoms with E-state index in [0.717, 1.165) is 0 Å². The van der Waals surface area contributed by atoms with Gasteiger partial charge in [0.2, 0.25) is 0 Å². The zero-order valence-corrected chi connectivity index (χ0v) is 5.39. The molecule has 0 amide bonds. The minimum Gasteiger partial charge on any atom is -0.454 e. The smallest absolute Gasteiger partial charge is 0.311 e. The topological polar surface area (TPSA) is 26.3 Å². The van der Waals surface area contributed by atoms with Gasteiger partial charge in [0.05, 0.1) is 5.41 Å². The van der Waals surface area contributed by atoms with Crippen molar-refractivity contribution in [2.45, 2.75) is 20.8 Å². The van der Waals surface area contributed by atoms with E-state index in [-0.39, 0.29) is 0 Å². The van der Waals surface area contributed by atoms with Gasteiger partial charge in [-0.3, -0.25) is 4.79 Å². The quantitative estimate of drug-likeness (QED) is 0.443. The van der Waals surface area contributed by atoms with Crippen LogP contribution in [0.25, 0.3) is 0 Å². The maximum atomic E-state index is 10.5. The van der Waals surface area contributed by atoms with E-state index in [1.807, 2.05) is 0 Å². The second kappa shape index (κ2) is 2.16. The molecular weight excluding hydrogens is 104 g/mol. The molecule has 0 aliphatic rings. The lowest BCUT2D eigenvalue weighted by molar-refractivity contribution is -0.147. The van der Waals surface area contributed by atoms with Gasteiger partial charge in [-0.1, -0.05) is 0 Å². The first-order valence-electron chi connectivity index (χ1n) is 2.39. The molecule has 0 saturated heterocycles. The summed E-state index contributed by atoms with van der Waals surface area (Å²) < 4.78 is 3.98. The molecule has 0 saturated carbocycles. The number of carbonyl (C=O) groups is 1. The van der Waals surface area contributed by atoms with E-state index >= 15 is 0 Å². The summed E-state index contributed by atoms with van der Waals surface area (Å²) in [5, 5.41) is 0. The van der Waals surface area contributed by atoms with Crippen molar-refractivity contribution < 1.29 is 9.53 Å². The van der Waals surface area contributed by atoms with Gasteiger partial charge in [0, 0.05) is 0 Å². The lowest BCUT2D eigenvalue weighted by atomic mass is 9.98. The first-order chi connectivity index (χ1) is 3.48. The van der Waals surface area contributed by atoms with Crippen LogP contribution in [0, 0.1) is 12.5 Å². The molecule has 2 nitrogen and oxygen atoms in total. The van der Waals surface area contributed by atoms with Gasteiger partial charge < -0.3 is 4.74 Å². The third-order valence-corrected chi connectivity index (χ3v) is 0.719. The van der Waals surface area contributed by atoms with Crippen LogP contribution in [0.2, 0.25) is 0 Å². The van der Waals surface area contributed by atoms with Crippen LogP contribution in [-0.4, -0.2) is 5.97 Å². The zero-order chi connectivity index (χ0) is 6.78. The Morgan fingerprint density at radius 3 is 1.88 bits per heavy atom. The maximum Gasteiger partial charge on any atom is 0.311 e. The summed E-state index contributed by atoms with van der Waals surface area (Å²) in [5.74, 6) is -0.391. The summed E-state index contributed by atoms with van der Waals surface area (Å²) >= 11 is 0. The molecule has 0 fully saturated rings. The molecule has 0 N–H and O–H groups in total. The fourth-order valence-corrected chi connectivity index (χ4v) is 0.177. The third kappa shape index (κ3) is 1.96. The average Bonchev–Trinajstić information content (AvgIpc) is 1.62. The summed E-state index contributed by atoms with van der Waals surface area (Å²) in [6, 6.07) is 0. The average molecular weight is 114 g/mol.